The molecule has 0 radical (unpaired) electrons. The van der Waals surface area contributed by atoms with Crippen LogP contribution in [0.1, 0.15) is 50.9 Å². The van der Waals surface area contributed by atoms with E-state index in [1.807, 2.05) is 25.3 Å². The van der Waals surface area contributed by atoms with Crippen LogP contribution >= 0.6 is 0 Å². The minimum absolute atomic E-state index is 0.00830. The normalized spacial score (nSPS) is 26.6. The summed E-state index contributed by atoms with van der Waals surface area (Å²) in [6, 6.07) is 4.64. The average Bonchev–Trinajstić information content (AvgIpc) is 2.78. The number of nitrogens with one attached hydrogen (secondary N) is 3. The molecular formula is C16H26N4O. The summed E-state index contributed by atoms with van der Waals surface area (Å²) in [5, 5.41) is 3.11. The third-order valence-corrected chi connectivity index (χ3v) is 4.28. The first-order chi connectivity index (χ1) is 10.0. The number of hydrazine groups is 1. The molecule has 0 bridgehead atoms. The molecule has 3 N–H and O–H groups in total. The summed E-state index contributed by atoms with van der Waals surface area (Å²) in [5.74, 6) is 0.409. The van der Waals surface area contributed by atoms with Crippen molar-refractivity contribution in [2.75, 3.05) is 0 Å². The Balaban J connectivity index is 1.95. The summed E-state index contributed by atoms with van der Waals surface area (Å²) >= 11 is 0. The number of hydrogen-bond donors (Lipinski definition) is 3. The lowest BCUT2D eigenvalue weighted by molar-refractivity contribution is -0.123. The van der Waals surface area contributed by atoms with Gasteiger partial charge >= 0.3 is 0 Å². The Morgan fingerprint density at radius 3 is 2.52 bits per heavy atom. The van der Waals surface area contributed by atoms with Gasteiger partial charge in [0.2, 0.25) is 5.91 Å². The number of hydrogen-bond acceptors (Lipinski definition) is 4. The van der Waals surface area contributed by atoms with Gasteiger partial charge in [-0.05, 0) is 38.8 Å². The summed E-state index contributed by atoms with van der Waals surface area (Å²) in [6.45, 7) is 8.29. The second kappa shape index (κ2) is 7.00. The summed E-state index contributed by atoms with van der Waals surface area (Å²) in [6.07, 6.45) is 3.22. The van der Waals surface area contributed by atoms with Crippen molar-refractivity contribution in [2.45, 2.75) is 58.7 Å². The molecule has 0 spiro atoms. The van der Waals surface area contributed by atoms with Crippen LogP contribution in [0, 0.1) is 12.8 Å². The maximum atomic E-state index is 12.3. The second-order valence-corrected chi connectivity index (χ2v) is 6.02. The van der Waals surface area contributed by atoms with E-state index < -0.39 is 0 Å². The Bertz CT molecular complexity index is 464. The molecule has 1 aromatic heterocycles. The van der Waals surface area contributed by atoms with Crippen LogP contribution in [0.25, 0.3) is 0 Å². The smallest absolute Gasteiger partial charge is 0.220 e. The van der Waals surface area contributed by atoms with E-state index in [0.29, 0.717) is 24.4 Å². The van der Waals surface area contributed by atoms with Gasteiger partial charge in [-0.25, -0.2) is 0 Å². The molecular weight excluding hydrogens is 264 g/mol. The van der Waals surface area contributed by atoms with Crippen molar-refractivity contribution < 1.29 is 4.79 Å². The molecule has 1 aliphatic rings. The van der Waals surface area contributed by atoms with E-state index in [4.69, 9.17) is 0 Å². The first-order valence-corrected chi connectivity index (χ1v) is 7.74. The fraction of sp³-hybridized carbons (Fsp3) is 0.625. The number of carbonyl (C=O) groups is 1. The Kier molecular flexibility index (Phi) is 5.31. The van der Waals surface area contributed by atoms with Gasteiger partial charge in [0.25, 0.3) is 0 Å². The van der Waals surface area contributed by atoms with Gasteiger partial charge in [-0.3, -0.25) is 20.6 Å². The minimum atomic E-state index is -0.00830. The Hall–Kier alpha value is -1.46. The fourth-order valence-corrected chi connectivity index (χ4v) is 2.80. The maximum Gasteiger partial charge on any atom is 0.220 e. The molecule has 0 saturated carbocycles. The van der Waals surface area contributed by atoms with Crippen LogP contribution in [-0.2, 0) is 4.79 Å². The lowest BCUT2D eigenvalue weighted by Gasteiger charge is -2.21. The number of carbonyl (C=O) groups excluding carboxylic acids is 1. The van der Waals surface area contributed by atoms with E-state index in [-0.39, 0.29) is 11.9 Å². The molecule has 1 saturated heterocycles. The number of aromatic nitrogens is 1. The summed E-state index contributed by atoms with van der Waals surface area (Å²) in [4.78, 5) is 16.7. The molecule has 2 heterocycles. The SMILES string of the molecule is CCC(NC(=O)CC1C(C)NNC1C)c1ccc(C)cn1. The molecule has 21 heavy (non-hydrogen) atoms. The van der Waals surface area contributed by atoms with Crippen molar-refractivity contribution in [1.82, 2.24) is 21.2 Å². The molecule has 3 unspecified atom stereocenters. The molecule has 1 aromatic rings. The van der Waals surface area contributed by atoms with Crippen LogP contribution < -0.4 is 16.2 Å². The van der Waals surface area contributed by atoms with Gasteiger partial charge < -0.3 is 5.32 Å². The highest BCUT2D eigenvalue weighted by Gasteiger charge is 2.31. The van der Waals surface area contributed by atoms with Gasteiger partial charge in [-0.15, -0.1) is 0 Å². The largest absolute Gasteiger partial charge is 0.348 e. The van der Waals surface area contributed by atoms with Crippen LogP contribution in [0.2, 0.25) is 0 Å². The third kappa shape index (κ3) is 4.02. The molecule has 1 amide bonds. The zero-order valence-electron chi connectivity index (χ0n) is 13.3. The highest BCUT2D eigenvalue weighted by Crippen LogP contribution is 2.20. The fourth-order valence-electron chi connectivity index (χ4n) is 2.80. The van der Waals surface area contributed by atoms with Gasteiger partial charge in [0.05, 0.1) is 11.7 Å². The summed E-state index contributed by atoms with van der Waals surface area (Å²) in [7, 11) is 0. The van der Waals surface area contributed by atoms with Gasteiger partial charge in [0.15, 0.2) is 0 Å². The van der Waals surface area contributed by atoms with E-state index in [2.05, 4.69) is 41.9 Å². The van der Waals surface area contributed by atoms with E-state index in [1.165, 1.54) is 0 Å². The quantitative estimate of drug-likeness (QED) is 0.774. The monoisotopic (exact) mass is 290 g/mol. The lowest BCUT2D eigenvalue weighted by atomic mass is 9.92. The number of aryl methyl sites for hydroxylation is 1. The van der Waals surface area contributed by atoms with Crippen molar-refractivity contribution in [2.24, 2.45) is 5.92 Å². The number of amides is 1. The molecule has 1 fully saturated rings. The van der Waals surface area contributed by atoms with Crippen LogP contribution in [0.3, 0.4) is 0 Å². The van der Waals surface area contributed by atoms with Crippen molar-refractivity contribution >= 4 is 5.91 Å². The average molecular weight is 290 g/mol. The predicted octanol–water partition coefficient (Wildman–Crippen LogP) is 1.85. The maximum absolute atomic E-state index is 12.3. The van der Waals surface area contributed by atoms with Crippen molar-refractivity contribution in [1.29, 1.82) is 0 Å². The third-order valence-electron chi connectivity index (χ3n) is 4.28. The van der Waals surface area contributed by atoms with Crippen LogP contribution in [0.15, 0.2) is 18.3 Å². The lowest BCUT2D eigenvalue weighted by Crippen LogP contribution is -2.34. The number of rotatable bonds is 5. The molecule has 5 nitrogen and oxygen atoms in total. The minimum Gasteiger partial charge on any atom is -0.348 e. The Morgan fingerprint density at radius 2 is 2.00 bits per heavy atom. The topological polar surface area (TPSA) is 66.1 Å². The van der Waals surface area contributed by atoms with E-state index in [0.717, 1.165) is 17.7 Å². The molecule has 0 aliphatic carbocycles. The zero-order chi connectivity index (χ0) is 15.4. The van der Waals surface area contributed by atoms with Crippen molar-refractivity contribution in [3.05, 3.63) is 29.6 Å². The van der Waals surface area contributed by atoms with Gasteiger partial charge in [-0.2, -0.15) is 0 Å². The standard InChI is InChI=1S/C16H26N4O/c1-5-14(15-7-6-10(2)9-17-15)18-16(21)8-13-11(3)19-20-12(13)4/h6-7,9,11-14,19-20H,5,8H2,1-4H3,(H,18,21). The highest BCUT2D eigenvalue weighted by molar-refractivity contribution is 5.76. The second-order valence-electron chi connectivity index (χ2n) is 6.02. The zero-order valence-corrected chi connectivity index (χ0v) is 13.3. The molecule has 0 aromatic carbocycles. The molecule has 2 rings (SSSR count). The number of nitrogens with zero attached hydrogens (tertiary/aromatic N) is 1. The Morgan fingerprint density at radius 1 is 1.33 bits per heavy atom. The van der Waals surface area contributed by atoms with Gasteiger partial charge in [0.1, 0.15) is 0 Å². The van der Waals surface area contributed by atoms with Gasteiger partial charge in [0, 0.05) is 30.6 Å². The predicted molar refractivity (Wildman–Crippen MR) is 83.5 cm³/mol. The molecule has 1 aliphatic heterocycles. The van der Waals surface area contributed by atoms with Gasteiger partial charge in [-0.1, -0.05) is 13.0 Å². The molecule has 5 heteroatoms. The van der Waals surface area contributed by atoms with E-state index in [9.17, 15) is 4.79 Å². The first-order valence-electron chi connectivity index (χ1n) is 7.74. The molecule has 3 atom stereocenters. The van der Waals surface area contributed by atoms with E-state index in [1.54, 1.807) is 0 Å². The van der Waals surface area contributed by atoms with Crippen molar-refractivity contribution in [3.8, 4) is 0 Å². The first kappa shape index (κ1) is 15.9. The summed E-state index contributed by atoms with van der Waals surface area (Å²) < 4.78 is 0. The van der Waals surface area contributed by atoms with E-state index >= 15 is 0 Å². The summed E-state index contributed by atoms with van der Waals surface area (Å²) in [5.41, 5.74) is 8.44. The van der Waals surface area contributed by atoms with Crippen LogP contribution in [0.4, 0.5) is 0 Å². The Labute approximate surface area is 126 Å². The highest BCUT2D eigenvalue weighted by atomic mass is 16.1. The van der Waals surface area contributed by atoms with Crippen LogP contribution in [0.5, 0.6) is 0 Å². The number of pyridine rings is 1. The van der Waals surface area contributed by atoms with Crippen LogP contribution in [-0.4, -0.2) is 23.0 Å². The molecule has 116 valence electrons. The van der Waals surface area contributed by atoms with Crippen molar-refractivity contribution in [3.63, 3.8) is 0 Å².